The molecule has 36 heavy (non-hydrogen) atoms. The van der Waals surface area contributed by atoms with Crippen LogP contribution in [-0.4, -0.2) is 43.4 Å². The number of halogens is 1. The highest BCUT2D eigenvalue weighted by atomic mass is 35.5. The van der Waals surface area contributed by atoms with Crippen molar-refractivity contribution in [2.24, 2.45) is 11.1 Å². The monoisotopic (exact) mass is 548 g/mol. The maximum atomic E-state index is 13.4. The number of anilines is 1. The number of aromatic nitrogens is 2. The van der Waals surface area contributed by atoms with Crippen molar-refractivity contribution in [2.45, 2.75) is 37.8 Å². The molecule has 1 aliphatic carbocycles. The van der Waals surface area contributed by atoms with Crippen molar-refractivity contribution in [3.05, 3.63) is 74.3 Å². The fraction of sp³-hybridized carbons (Fsp3) is 0.375. The molecule has 190 valence electrons. The summed E-state index contributed by atoms with van der Waals surface area (Å²) in [7, 11) is -3.96. The summed E-state index contributed by atoms with van der Waals surface area (Å²) in [5.41, 5.74) is 3.37. The molecule has 1 saturated carbocycles. The van der Waals surface area contributed by atoms with Crippen LogP contribution >= 0.6 is 22.9 Å². The summed E-state index contributed by atoms with van der Waals surface area (Å²) < 4.78 is 32.9. The Labute approximate surface area is 218 Å². The molecule has 2 aliphatic rings. The van der Waals surface area contributed by atoms with E-state index in [2.05, 4.69) is 21.4 Å². The second-order valence-electron chi connectivity index (χ2n) is 8.97. The van der Waals surface area contributed by atoms with Crippen LogP contribution in [0.4, 0.5) is 5.82 Å². The molecule has 0 spiro atoms. The first kappa shape index (κ1) is 25.2. The van der Waals surface area contributed by atoms with Gasteiger partial charge in [-0.2, -0.15) is 8.42 Å². The number of ketones is 1. The van der Waals surface area contributed by atoms with Crippen LogP contribution in [0.5, 0.6) is 0 Å². The van der Waals surface area contributed by atoms with E-state index >= 15 is 0 Å². The topological polar surface area (TPSA) is 134 Å². The molecule has 2 aromatic heterocycles. The Hall–Kier alpha value is -2.41. The quantitative estimate of drug-likeness (QED) is 0.405. The van der Waals surface area contributed by atoms with Crippen molar-refractivity contribution in [3.8, 4) is 0 Å². The highest BCUT2D eigenvalue weighted by Crippen LogP contribution is 2.39. The van der Waals surface area contributed by atoms with Gasteiger partial charge in [0.05, 0.1) is 23.7 Å². The molecular formula is C24H25ClN4O5S2. The van der Waals surface area contributed by atoms with Gasteiger partial charge in [-0.3, -0.25) is 8.98 Å². The third-order valence-corrected chi connectivity index (χ3v) is 8.26. The summed E-state index contributed by atoms with van der Waals surface area (Å²) in [6.07, 6.45) is 5.63. The van der Waals surface area contributed by atoms with Crippen molar-refractivity contribution in [1.82, 2.24) is 9.97 Å². The van der Waals surface area contributed by atoms with E-state index in [4.69, 9.17) is 25.7 Å². The van der Waals surface area contributed by atoms with Crippen molar-refractivity contribution < 1.29 is 22.1 Å². The summed E-state index contributed by atoms with van der Waals surface area (Å²) in [6, 6.07) is 7.73. The highest BCUT2D eigenvalue weighted by molar-refractivity contribution is 7.84. The second-order valence-corrected chi connectivity index (χ2v) is 11.5. The van der Waals surface area contributed by atoms with Gasteiger partial charge in [0.15, 0.2) is 0 Å². The van der Waals surface area contributed by atoms with Crippen molar-refractivity contribution in [1.29, 1.82) is 0 Å². The van der Waals surface area contributed by atoms with Gasteiger partial charge in [-0.1, -0.05) is 23.7 Å². The molecular weight excluding hydrogens is 524 g/mol. The molecule has 9 nitrogen and oxygen atoms in total. The number of rotatable bonds is 8. The third kappa shape index (κ3) is 5.61. The van der Waals surface area contributed by atoms with Gasteiger partial charge in [0, 0.05) is 22.8 Å². The van der Waals surface area contributed by atoms with Crippen LogP contribution in [0.3, 0.4) is 0 Å². The van der Waals surface area contributed by atoms with E-state index in [-0.39, 0.29) is 30.5 Å². The minimum Gasteiger partial charge on any atom is -0.368 e. The summed E-state index contributed by atoms with van der Waals surface area (Å²) in [5, 5.41) is 10.8. The lowest BCUT2D eigenvalue weighted by atomic mass is 9.94. The van der Waals surface area contributed by atoms with E-state index in [0.29, 0.717) is 34.3 Å². The number of hydrogen-bond acceptors (Lipinski definition) is 9. The summed E-state index contributed by atoms with van der Waals surface area (Å²) in [4.78, 5) is 22.4. The Morgan fingerprint density at radius 2 is 2.19 bits per heavy atom. The van der Waals surface area contributed by atoms with Gasteiger partial charge in [0.1, 0.15) is 18.2 Å². The van der Waals surface area contributed by atoms with Crippen LogP contribution in [0, 0.1) is 5.92 Å². The minimum atomic E-state index is -3.96. The Balaban J connectivity index is 1.31. The number of nitrogens with zero attached hydrogens (tertiary/aromatic N) is 2. The van der Waals surface area contributed by atoms with Gasteiger partial charge in [-0.05, 0) is 60.2 Å². The standard InChI is InChI=1S/C24H25ClN4O5S2/c25-19-3-1-2-15-6-7-33-23(21(15)19)16-9-20(35-12-16)22(30)18-10-27-13-28-24(18)29-17-5-4-14(8-17)11-34-36(26,31)32/h1-3,9-10,12-14,17,23H,4-8,11H2,(H2,26,31,32)(H,27,28,29)/t14-,17+,23?/m1/s1. The Morgan fingerprint density at radius 1 is 1.33 bits per heavy atom. The maximum absolute atomic E-state index is 13.4. The molecule has 0 amide bonds. The molecule has 3 aromatic rings. The van der Waals surface area contributed by atoms with Gasteiger partial charge in [-0.15, -0.1) is 11.3 Å². The molecule has 3 N–H and O–H groups in total. The van der Waals surface area contributed by atoms with Crippen LogP contribution in [0.25, 0.3) is 0 Å². The highest BCUT2D eigenvalue weighted by Gasteiger charge is 2.29. The first-order chi connectivity index (χ1) is 17.3. The van der Waals surface area contributed by atoms with Crippen molar-refractivity contribution >= 4 is 44.8 Å². The number of carbonyl (C=O) groups is 1. The summed E-state index contributed by atoms with van der Waals surface area (Å²) in [5.74, 6) is 0.314. The molecule has 0 radical (unpaired) electrons. The number of fused-ring (bicyclic) bond motifs is 1. The molecule has 3 atom stereocenters. The van der Waals surface area contributed by atoms with Crippen molar-refractivity contribution in [2.75, 3.05) is 18.5 Å². The Morgan fingerprint density at radius 3 is 3.03 bits per heavy atom. The number of nitrogens with one attached hydrogen (secondary N) is 1. The van der Waals surface area contributed by atoms with E-state index in [1.807, 2.05) is 23.6 Å². The molecule has 1 aromatic carbocycles. The number of thiophene rings is 1. The molecule has 12 heteroatoms. The van der Waals surface area contributed by atoms with Gasteiger partial charge in [0.2, 0.25) is 5.78 Å². The summed E-state index contributed by atoms with van der Waals surface area (Å²) >= 11 is 7.84. The number of hydrogen-bond donors (Lipinski definition) is 2. The zero-order valence-electron chi connectivity index (χ0n) is 19.2. The van der Waals surface area contributed by atoms with E-state index < -0.39 is 10.3 Å². The van der Waals surface area contributed by atoms with E-state index in [9.17, 15) is 13.2 Å². The fourth-order valence-electron chi connectivity index (χ4n) is 4.82. The summed E-state index contributed by atoms with van der Waals surface area (Å²) in [6.45, 7) is 0.628. The van der Waals surface area contributed by atoms with Gasteiger partial charge in [-0.25, -0.2) is 15.1 Å². The van der Waals surface area contributed by atoms with Crippen LogP contribution in [0.1, 0.15) is 57.3 Å². The number of nitrogens with two attached hydrogens (primary N) is 1. The predicted molar refractivity (Wildman–Crippen MR) is 137 cm³/mol. The molecule has 1 aliphatic heterocycles. The van der Waals surface area contributed by atoms with Crippen LogP contribution < -0.4 is 10.5 Å². The third-order valence-electron chi connectivity index (χ3n) is 6.51. The van der Waals surface area contributed by atoms with Crippen LogP contribution in [0.2, 0.25) is 5.02 Å². The van der Waals surface area contributed by atoms with Crippen molar-refractivity contribution in [3.63, 3.8) is 0 Å². The average molecular weight is 549 g/mol. The molecule has 0 saturated heterocycles. The number of carbonyl (C=O) groups excluding carboxylic acids is 1. The number of ether oxygens (including phenoxy) is 1. The Kier molecular flexibility index (Phi) is 7.38. The van der Waals surface area contributed by atoms with Gasteiger partial charge >= 0.3 is 10.3 Å². The molecule has 1 unspecified atom stereocenters. The zero-order valence-corrected chi connectivity index (χ0v) is 21.6. The smallest absolute Gasteiger partial charge is 0.333 e. The van der Waals surface area contributed by atoms with Crippen LogP contribution in [-0.2, 0) is 25.6 Å². The minimum absolute atomic E-state index is 0.0220. The molecule has 1 fully saturated rings. The lowest BCUT2D eigenvalue weighted by Gasteiger charge is -2.26. The average Bonchev–Trinajstić information content (AvgIpc) is 3.52. The fourth-order valence-corrected chi connectivity index (χ4v) is 6.37. The number of benzene rings is 1. The van der Waals surface area contributed by atoms with Gasteiger partial charge in [0.25, 0.3) is 0 Å². The largest absolute Gasteiger partial charge is 0.368 e. The van der Waals surface area contributed by atoms with Crippen LogP contribution in [0.15, 0.2) is 42.2 Å². The maximum Gasteiger partial charge on any atom is 0.333 e. The molecule has 5 rings (SSSR count). The van der Waals surface area contributed by atoms with E-state index in [1.54, 1.807) is 0 Å². The Bertz CT molecular complexity index is 1380. The first-order valence-corrected chi connectivity index (χ1v) is 14.3. The lowest BCUT2D eigenvalue weighted by Crippen LogP contribution is -2.22. The van der Waals surface area contributed by atoms with E-state index in [1.165, 1.54) is 23.9 Å². The molecule has 0 bridgehead atoms. The lowest BCUT2D eigenvalue weighted by molar-refractivity contribution is 0.0702. The second kappa shape index (κ2) is 10.5. The van der Waals surface area contributed by atoms with E-state index in [0.717, 1.165) is 36.0 Å². The van der Waals surface area contributed by atoms with Gasteiger partial charge < -0.3 is 10.1 Å². The normalized spacial score (nSPS) is 21.8. The molecule has 3 heterocycles. The predicted octanol–water partition coefficient (Wildman–Crippen LogP) is 3.89. The zero-order chi connectivity index (χ0) is 25.3. The SMILES string of the molecule is NS(=O)(=O)OC[C@@H]1CC[C@H](Nc2ncncc2C(=O)c2cc(C3OCCc4cccc(Cl)c43)cs2)C1. The first-order valence-electron chi connectivity index (χ1n) is 11.5.